The maximum absolute atomic E-state index is 13.2. The predicted molar refractivity (Wildman–Crippen MR) is 156 cm³/mol. The Morgan fingerprint density at radius 2 is 1.88 bits per heavy atom. The minimum absolute atomic E-state index is 0.00797. The van der Waals surface area contributed by atoms with Gasteiger partial charge in [0.2, 0.25) is 5.91 Å². The highest BCUT2D eigenvalue weighted by Gasteiger charge is 2.32. The fourth-order valence-corrected chi connectivity index (χ4v) is 6.53. The summed E-state index contributed by atoms with van der Waals surface area (Å²) < 4.78 is 39.7. The summed E-state index contributed by atoms with van der Waals surface area (Å²) in [6.07, 6.45) is -2.52. The number of rotatable bonds is 10. The van der Waals surface area contributed by atoms with Gasteiger partial charge in [0.15, 0.2) is 0 Å². The Balaban J connectivity index is 1.15. The first-order valence-corrected chi connectivity index (χ1v) is 14.7. The van der Waals surface area contributed by atoms with Crippen LogP contribution in [-0.4, -0.2) is 43.5 Å². The number of piperazine rings is 1. The Bertz CT molecular complexity index is 1400. The molecule has 2 unspecified atom stereocenters. The molecule has 2 atom stereocenters. The van der Waals surface area contributed by atoms with Crippen LogP contribution in [0.4, 0.5) is 13.2 Å². The number of hydrogen-bond donors (Lipinski definition) is 2. The van der Waals surface area contributed by atoms with Crippen molar-refractivity contribution in [3.8, 4) is 0 Å². The third-order valence-electron chi connectivity index (χ3n) is 7.64. The second-order valence-corrected chi connectivity index (χ2v) is 11.2. The quantitative estimate of drug-likeness (QED) is 0.218. The van der Waals surface area contributed by atoms with Crippen molar-refractivity contribution in [2.24, 2.45) is 0 Å². The number of fused-ring (bicyclic) bond motifs is 1. The first kappa shape index (κ1) is 28.3. The zero-order valence-corrected chi connectivity index (χ0v) is 23.1. The summed E-state index contributed by atoms with van der Waals surface area (Å²) in [6, 6.07) is 24.5. The average Bonchev–Trinajstić information content (AvgIpc) is 3.50. The number of halogens is 3. The highest BCUT2D eigenvalue weighted by Crippen LogP contribution is 2.35. The van der Waals surface area contributed by atoms with Gasteiger partial charge in [-0.1, -0.05) is 60.7 Å². The highest BCUT2D eigenvalue weighted by atomic mass is 32.1. The Morgan fingerprint density at radius 1 is 1.05 bits per heavy atom. The van der Waals surface area contributed by atoms with E-state index in [9.17, 15) is 18.0 Å². The molecule has 8 heteroatoms. The van der Waals surface area contributed by atoms with Crippen molar-refractivity contribution >= 4 is 28.0 Å². The minimum Gasteiger partial charge on any atom is -0.356 e. The van der Waals surface area contributed by atoms with Gasteiger partial charge in [0.1, 0.15) is 0 Å². The molecule has 3 aromatic carbocycles. The van der Waals surface area contributed by atoms with Gasteiger partial charge in [-0.3, -0.25) is 9.69 Å². The monoisotopic (exact) mass is 565 g/mol. The summed E-state index contributed by atoms with van der Waals surface area (Å²) in [5, 5.41) is 10.9. The predicted octanol–water partition coefficient (Wildman–Crippen LogP) is 6.99. The second kappa shape index (κ2) is 13.0. The summed E-state index contributed by atoms with van der Waals surface area (Å²) in [5.74, 6) is 0.203. The van der Waals surface area contributed by atoms with Gasteiger partial charge < -0.3 is 10.6 Å². The zero-order chi connectivity index (χ0) is 28.0. The number of carbonyl (C=O) groups excluding carboxylic acids is 1. The summed E-state index contributed by atoms with van der Waals surface area (Å²) >= 11 is 1.74. The van der Waals surface area contributed by atoms with E-state index < -0.39 is 11.7 Å². The average molecular weight is 566 g/mol. The third kappa shape index (κ3) is 6.92. The van der Waals surface area contributed by atoms with E-state index in [1.165, 1.54) is 33.3 Å². The van der Waals surface area contributed by atoms with Crippen LogP contribution in [0, 0.1) is 0 Å². The molecule has 1 aromatic heterocycles. The molecule has 1 amide bonds. The van der Waals surface area contributed by atoms with Gasteiger partial charge in [0.05, 0.1) is 5.56 Å². The van der Waals surface area contributed by atoms with E-state index in [-0.39, 0.29) is 17.9 Å². The fourth-order valence-electron chi connectivity index (χ4n) is 5.65. The van der Waals surface area contributed by atoms with Gasteiger partial charge in [-0.05, 0) is 64.9 Å². The molecule has 0 radical (unpaired) electrons. The topological polar surface area (TPSA) is 44.4 Å². The number of nitrogens with one attached hydrogen (secondary N) is 2. The van der Waals surface area contributed by atoms with E-state index >= 15 is 0 Å². The van der Waals surface area contributed by atoms with Gasteiger partial charge in [0.25, 0.3) is 0 Å². The Kier molecular flexibility index (Phi) is 9.19. The van der Waals surface area contributed by atoms with E-state index in [0.29, 0.717) is 38.0 Å². The molecule has 4 nitrogen and oxygen atoms in total. The SMILES string of the molecule is O=C(CCCN1CCNCC1c1cccc(C(F)(F)F)c1)NCCC(c1cccs1)c1cccc2ccccc12. The molecule has 2 N–H and O–H groups in total. The van der Waals surface area contributed by atoms with Gasteiger partial charge in [-0.25, -0.2) is 0 Å². The molecule has 0 aliphatic carbocycles. The molecule has 1 saturated heterocycles. The fraction of sp³-hybridized carbons (Fsp3) is 0.344. The summed E-state index contributed by atoms with van der Waals surface area (Å²) in [7, 11) is 0. The summed E-state index contributed by atoms with van der Waals surface area (Å²) in [4.78, 5) is 16.2. The van der Waals surface area contributed by atoms with Crippen LogP contribution < -0.4 is 10.6 Å². The molecule has 40 heavy (non-hydrogen) atoms. The Hall–Kier alpha value is -3.20. The standard InChI is InChI=1S/C32H34F3N3OS/c33-32(34,35)25-10-3-9-24(21-25)29-22-36-17-19-38(29)18-5-14-31(39)37-16-15-28(30-13-6-20-40-30)27-12-4-8-23-7-1-2-11-26(23)27/h1-4,6-13,20-21,28-29,36H,5,14-19,22H2,(H,37,39). The molecule has 210 valence electrons. The van der Waals surface area contributed by atoms with Crippen LogP contribution in [0.25, 0.3) is 10.8 Å². The van der Waals surface area contributed by atoms with Crippen LogP contribution in [0.2, 0.25) is 0 Å². The molecule has 0 bridgehead atoms. The van der Waals surface area contributed by atoms with Crippen molar-refractivity contribution < 1.29 is 18.0 Å². The maximum Gasteiger partial charge on any atom is 0.416 e. The van der Waals surface area contributed by atoms with Crippen molar-refractivity contribution in [3.63, 3.8) is 0 Å². The van der Waals surface area contributed by atoms with E-state index in [0.717, 1.165) is 25.6 Å². The van der Waals surface area contributed by atoms with Crippen LogP contribution in [0.5, 0.6) is 0 Å². The summed E-state index contributed by atoms with van der Waals surface area (Å²) in [5.41, 5.74) is 1.30. The lowest BCUT2D eigenvalue weighted by Crippen LogP contribution is -2.46. The van der Waals surface area contributed by atoms with Gasteiger partial charge in [-0.15, -0.1) is 11.3 Å². The molecule has 0 saturated carbocycles. The molecule has 2 heterocycles. The molecule has 0 spiro atoms. The molecule has 4 aromatic rings. The van der Waals surface area contributed by atoms with E-state index in [2.05, 4.69) is 75.5 Å². The smallest absolute Gasteiger partial charge is 0.356 e. The minimum atomic E-state index is -4.36. The lowest BCUT2D eigenvalue weighted by Gasteiger charge is -2.36. The number of amides is 1. The van der Waals surface area contributed by atoms with E-state index in [1.807, 2.05) is 0 Å². The third-order valence-corrected chi connectivity index (χ3v) is 8.63. The largest absolute Gasteiger partial charge is 0.416 e. The summed E-state index contributed by atoms with van der Waals surface area (Å²) in [6.45, 7) is 3.33. The van der Waals surface area contributed by atoms with Crippen molar-refractivity contribution in [1.82, 2.24) is 15.5 Å². The molecule has 1 aliphatic rings. The Labute approximate surface area is 237 Å². The molecule has 5 rings (SSSR count). The molecular formula is C32H34F3N3OS. The van der Waals surface area contributed by atoms with E-state index in [4.69, 9.17) is 0 Å². The number of thiophene rings is 1. The lowest BCUT2D eigenvalue weighted by molar-refractivity contribution is -0.137. The van der Waals surface area contributed by atoms with Crippen molar-refractivity contribution in [3.05, 3.63) is 106 Å². The van der Waals surface area contributed by atoms with Crippen molar-refractivity contribution in [2.75, 3.05) is 32.7 Å². The first-order valence-electron chi connectivity index (χ1n) is 13.8. The zero-order valence-electron chi connectivity index (χ0n) is 22.3. The van der Waals surface area contributed by atoms with Crippen molar-refractivity contribution in [2.45, 2.75) is 37.4 Å². The van der Waals surface area contributed by atoms with Gasteiger partial charge in [0, 0.05) is 49.4 Å². The van der Waals surface area contributed by atoms with Crippen LogP contribution in [0.3, 0.4) is 0 Å². The van der Waals surface area contributed by atoms with Crippen LogP contribution in [-0.2, 0) is 11.0 Å². The van der Waals surface area contributed by atoms with Gasteiger partial charge >= 0.3 is 6.18 Å². The number of benzene rings is 3. The van der Waals surface area contributed by atoms with Crippen molar-refractivity contribution in [1.29, 1.82) is 0 Å². The normalized spacial score (nSPS) is 17.1. The van der Waals surface area contributed by atoms with Crippen LogP contribution in [0.1, 0.15) is 52.8 Å². The molecule has 1 fully saturated rings. The highest BCUT2D eigenvalue weighted by molar-refractivity contribution is 7.10. The molecule has 1 aliphatic heterocycles. The van der Waals surface area contributed by atoms with Crippen LogP contribution >= 0.6 is 11.3 Å². The van der Waals surface area contributed by atoms with E-state index in [1.54, 1.807) is 17.4 Å². The maximum atomic E-state index is 13.2. The second-order valence-electron chi connectivity index (χ2n) is 10.3. The van der Waals surface area contributed by atoms with Crippen LogP contribution in [0.15, 0.2) is 84.2 Å². The molecular weight excluding hydrogens is 531 g/mol. The first-order chi connectivity index (χ1) is 19.4. The van der Waals surface area contributed by atoms with Gasteiger partial charge in [-0.2, -0.15) is 13.2 Å². The number of nitrogens with zero attached hydrogens (tertiary/aromatic N) is 1. The number of alkyl halides is 3. The number of hydrogen-bond acceptors (Lipinski definition) is 4. The number of carbonyl (C=O) groups is 1. The Morgan fingerprint density at radius 3 is 2.70 bits per heavy atom. The lowest BCUT2D eigenvalue weighted by atomic mass is 9.90.